The summed E-state index contributed by atoms with van der Waals surface area (Å²) in [6, 6.07) is 0. The molecule has 0 unspecified atom stereocenters. The van der Waals surface area contributed by atoms with Crippen LogP contribution in [0.4, 0.5) is 0 Å². The van der Waals surface area contributed by atoms with Crippen molar-refractivity contribution in [1.82, 2.24) is 10.2 Å². The van der Waals surface area contributed by atoms with Crippen LogP contribution in [0.2, 0.25) is 0 Å². The second-order valence-electron chi connectivity index (χ2n) is 4.73. The number of hydrogen-bond acceptors (Lipinski definition) is 3. The van der Waals surface area contributed by atoms with E-state index in [9.17, 15) is 9.59 Å². The number of amides is 2. The maximum Gasteiger partial charge on any atom is 0.248 e. The van der Waals surface area contributed by atoms with Crippen LogP contribution < -0.4 is 5.32 Å². The Morgan fingerprint density at radius 3 is 2.56 bits per heavy atom. The van der Waals surface area contributed by atoms with Gasteiger partial charge in [-0.25, -0.2) is 0 Å². The van der Waals surface area contributed by atoms with E-state index in [0.29, 0.717) is 25.8 Å². The van der Waals surface area contributed by atoms with Crippen LogP contribution in [0.5, 0.6) is 0 Å². The number of nitrogens with zero attached hydrogens (tertiary/aromatic N) is 1. The zero-order valence-corrected chi connectivity index (χ0v) is 12.4. The highest BCUT2D eigenvalue weighted by molar-refractivity contribution is 7.98. The highest BCUT2D eigenvalue weighted by Gasteiger charge is 2.41. The number of thioether (sulfide) groups is 1. The Hall–Kier alpha value is -0.710. The molecule has 1 rings (SSSR count). The monoisotopic (exact) mass is 272 g/mol. The van der Waals surface area contributed by atoms with Crippen LogP contribution in [0, 0.1) is 0 Å². The molecule has 5 heteroatoms. The van der Waals surface area contributed by atoms with Gasteiger partial charge in [0.15, 0.2) is 0 Å². The van der Waals surface area contributed by atoms with Crippen molar-refractivity contribution in [3.05, 3.63) is 0 Å². The highest BCUT2D eigenvalue weighted by atomic mass is 32.2. The molecule has 0 radical (unpaired) electrons. The molecule has 0 aromatic heterocycles. The summed E-state index contributed by atoms with van der Waals surface area (Å²) >= 11 is 1.79. The van der Waals surface area contributed by atoms with Crippen molar-refractivity contribution in [2.45, 2.75) is 45.1 Å². The normalized spacial score (nSPS) is 19.6. The van der Waals surface area contributed by atoms with Crippen molar-refractivity contribution < 1.29 is 9.59 Å². The van der Waals surface area contributed by atoms with Crippen molar-refractivity contribution in [3.8, 4) is 0 Å². The Morgan fingerprint density at radius 2 is 2.00 bits per heavy atom. The highest BCUT2D eigenvalue weighted by Crippen LogP contribution is 2.22. The first-order valence-corrected chi connectivity index (χ1v) is 8.08. The van der Waals surface area contributed by atoms with Gasteiger partial charge in [0.25, 0.3) is 0 Å². The molecule has 1 heterocycles. The summed E-state index contributed by atoms with van der Waals surface area (Å²) < 4.78 is 0. The molecule has 2 amide bonds. The van der Waals surface area contributed by atoms with Crippen molar-refractivity contribution in [2.24, 2.45) is 0 Å². The van der Waals surface area contributed by atoms with Crippen LogP contribution in [0.1, 0.15) is 39.5 Å². The Bertz CT molecular complexity index is 303. The molecular formula is C13H24N2O2S. The van der Waals surface area contributed by atoms with Gasteiger partial charge in [-0.3, -0.25) is 9.59 Å². The first-order valence-electron chi connectivity index (χ1n) is 6.69. The summed E-state index contributed by atoms with van der Waals surface area (Å²) in [7, 11) is 0. The van der Waals surface area contributed by atoms with Gasteiger partial charge in [0.1, 0.15) is 5.54 Å². The maximum atomic E-state index is 12.6. The smallest absolute Gasteiger partial charge is 0.248 e. The predicted octanol–water partition coefficient (Wildman–Crippen LogP) is 1.65. The molecule has 104 valence electrons. The molecule has 1 aliphatic rings. The lowest BCUT2D eigenvalue weighted by atomic mass is 9.91. The lowest BCUT2D eigenvalue weighted by Crippen LogP contribution is -2.56. The SMILES string of the molecule is CCC1(CC)NC(=O)CCN(CCCSC)C1=O. The van der Waals surface area contributed by atoms with E-state index in [-0.39, 0.29) is 11.8 Å². The molecule has 0 spiro atoms. The van der Waals surface area contributed by atoms with Crippen LogP contribution >= 0.6 is 11.8 Å². The number of nitrogens with one attached hydrogen (secondary N) is 1. The molecule has 0 bridgehead atoms. The molecule has 0 atom stereocenters. The van der Waals surface area contributed by atoms with Gasteiger partial charge in [-0.2, -0.15) is 11.8 Å². The van der Waals surface area contributed by atoms with Gasteiger partial charge in [-0.15, -0.1) is 0 Å². The Morgan fingerprint density at radius 1 is 1.33 bits per heavy atom. The maximum absolute atomic E-state index is 12.6. The van der Waals surface area contributed by atoms with Crippen LogP contribution in [0.25, 0.3) is 0 Å². The number of rotatable bonds is 6. The lowest BCUT2D eigenvalue weighted by Gasteiger charge is -2.33. The minimum atomic E-state index is -0.674. The molecule has 0 aromatic rings. The first kappa shape index (κ1) is 15.3. The first-order chi connectivity index (χ1) is 8.59. The molecule has 4 nitrogen and oxygen atoms in total. The Balaban J connectivity index is 2.79. The second kappa shape index (κ2) is 7.02. The molecule has 18 heavy (non-hydrogen) atoms. The summed E-state index contributed by atoms with van der Waals surface area (Å²) in [6.45, 7) is 5.25. The topological polar surface area (TPSA) is 49.4 Å². The third-order valence-electron chi connectivity index (χ3n) is 3.67. The van der Waals surface area contributed by atoms with Gasteiger partial charge in [0, 0.05) is 19.5 Å². The standard InChI is InChI=1S/C13H24N2O2S/c1-4-13(5-2)12(17)15(8-6-10-18-3)9-7-11(16)14-13/h4-10H2,1-3H3,(H,14,16). The Kier molecular flexibility index (Phi) is 5.99. The number of hydrogen-bond donors (Lipinski definition) is 1. The fraction of sp³-hybridized carbons (Fsp3) is 0.846. The number of carbonyl (C=O) groups excluding carboxylic acids is 2. The van der Waals surface area contributed by atoms with E-state index in [1.165, 1.54) is 0 Å². The molecule has 1 aliphatic heterocycles. The zero-order valence-electron chi connectivity index (χ0n) is 11.6. The van der Waals surface area contributed by atoms with E-state index < -0.39 is 5.54 Å². The molecule has 0 saturated carbocycles. The van der Waals surface area contributed by atoms with Gasteiger partial charge in [0.05, 0.1) is 0 Å². The fourth-order valence-corrected chi connectivity index (χ4v) is 2.78. The molecule has 1 N–H and O–H groups in total. The average Bonchev–Trinajstić information content (AvgIpc) is 2.50. The molecule has 0 aromatic carbocycles. The van der Waals surface area contributed by atoms with Gasteiger partial charge in [-0.1, -0.05) is 13.8 Å². The summed E-state index contributed by atoms with van der Waals surface area (Å²) in [4.78, 5) is 26.2. The van der Waals surface area contributed by atoms with Crippen molar-refractivity contribution in [1.29, 1.82) is 0 Å². The van der Waals surface area contributed by atoms with E-state index in [2.05, 4.69) is 11.6 Å². The number of carbonyl (C=O) groups is 2. The minimum Gasteiger partial charge on any atom is -0.342 e. The van der Waals surface area contributed by atoms with E-state index in [0.717, 1.165) is 18.7 Å². The molecule has 0 aliphatic carbocycles. The van der Waals surface area contributed by atoms with Crippen LogP contribution in [0.15, 0.2) is 0 Å². The summed E-state index contributed by atoms with van der Waals surface area (Å²) in [6.07, 6.45) is 4.80. The van der Waals surface area contributed by atoms with Crippen molar-refractivity contribution >= 4 is 23.6 Å². The average molecular weight is 272 g/mol. The van der Waals surface area contributed by atoms with E-state index >= 15 is 0 Å². The molecule has 1 saturated heterocycles. The third-order valence-corrected chi connectivity index (χ3v) is 4.36. The Labute approximate surface area is 114 Å². The molecule has 1 fully saturated rings. The van der Waals surface area contributed by atoms with Crippen LogP contribution in [0.3, 0.4) is 0 Å². The van der Waals surface area contributed by atoms with E-state index in [4.69, 9.17) is 0 Å². The molecular weight excluding hydrogens is 248 g/mol. The second-order valence-corrected chi connectivity index (χ2v) is 5.71. The van der Waals surface area contributed by atoms with Crippen LogP contribution in [-0.2, 0) is 9.59 Å². The quantitative estimate of drug-likeness (QED) is 0.748. The fourth-order valence-electron chi connectivity index (χ4n) is 2.37. The van der Waals surface area contributed by atoms with Gasteiger partial charge in [-0.05, 0) is 31.3 Å². The van der Waals surface area contributed by atoms with Crippen molar-refractivity contribution in [2.75, 3.05) is 25.1 Å². The van der Waals surface area contributed by atoms with E-state index in [1.807, 2.05) is 18.7 Å². The van der Waals surface area contributed by atoms with E-state index in [1.54, 1.807) is 11.8 Å². The van der Waals surface area contributed by atoms with Crippen molar-refractivity contribution in [3.63, 3.8) is 0 Å². The van der Waals surface area contributed by atoms with Gasteiger partial charge < -0.3 is 10.2 Å². The predicted molar refractivity (Wildman–Crippen MR) is 75.7 cm³/mol. The third kappa shape index (κ3) is 3.40. The van der Waals surface area contributed by atoms with Gasteiger partial charge >= 0.3 is 0 Å². The minimum absolute atomic E-state index is 0.000540. The van der Waals surface area contributed by atoms with Gasteiger partial charge in [0.2, 0.25) is 11.8 Å². The summed E-state index contributed by atoms with van der Waals surface area (Å²) in [5.74, 6) is 1.15. The summed E-state index contributed by atoms with van der Waals surface area (Å²) in [5, 5.41) is 2.93. The summed E-state index contributed by atoms with van der Waals surface area (Å²) in [5.41, 5.74) is -0.674. The zero-order chi connectivity index (χ0) is 13.6. The lowest BCUT2D eigenvalue weighted by molar-refractivity contribution is -0.139. The van der Waals surface area contributed by atoms with Crippen LogP contribution in [-0.4, -0.2) is 47.4 Å². The largest absolute Gasteiger partial charge is 0.342 e.